The first kappa shape index (κ1) is 14.3. The lowest BCUT2D eigenvalue weighted by Gasteiger charge is -2.30. The first-order valence-electron chi connectivity index (χ1n) is 6.31. The van der Waals surface area contributed by atoms with Crippen molar-refractivity contribution in [3.8, 4) is 0 Å². The molecule has 1 aliphatic heterocycles. The van der Waals surface area contributed by atoms with Gasteiger partial charge in [0.05, 0.1) is 0 Å². The molecule has 0 aliphatic carbocycles. The number of nitrogens with two attached hydrogens (primary N) is 1. The summed E-state index contributed by atoms with van der Waals surface area (Å²) in [6.45, 7) is 9.02. The molecule has 1 heterocycles. The number of nitrogens with zero attached hydrogens (tertiary/aromatic N) is 1. The van der Waals surface area contributed by atoms with Crippen LogP contribution in [0, 0.1) is 0 Å². The van der Waals surface area contributed by atoms with Crippen LogP contribution in [-0.2, 0) is 4.74 Å². The van der Waals surface area contributed by atoms with Gasteiger partial charge in [0, 0.05) is 25.7 Å². The summed E-state index contributed by atoms with van der Waals surface area (Å²) >= 11 is 0. The van der Waals surface area contributed by atoms with Gasteiger partial charge >= 0.3 is 6.09 Å². The van der Waals surface area contributed by atoms with E-state index in [0.717, 1.165) is 32.5 Å². The molecular formula is C12H25N3O2. The molecule has 3 N–H and O–H groups in total. The van der Waals surface area contributed by atoms with Crippen molar-refractivity contribution in [1.29, 1.82) is 0 Å². The van der Waals surface area contributed by atoms with Crippen molar-refractivity contribution in [2.45, 2.75) is 45.3 Å². The lowest BCUT2D eigenvalue weighted by atomic mass is 10.1. The second-order valence-corrected chi connectivity index (χ2v) is 5.63. The Bertz CT molecular complexity index is 251. The minimum atomic E-state index is -0.433. The maximum absolute atomic E-state index is 11.4. The molecule has 1 saturated heterocycles. The second kappa shape index (κ2) is 6.21. The molecule has 5 nitrogen and oxygen atoms in total. The minimum Gasteiger partial charge on any atom is -0.444 e. The molecule has 1 rings (SSSR count). The van der Waals surface area contributed by atoms with Crippen molar-refractivity contribution in [3.05, 3.63) is 0 Å². The molecule has 1 amide bonds. The summed E-state index contributed by atoms with van der Waals surface area (Å²) < 4.78 is 5.15. The monoisotopic (exact) mass is 243 g/mol. The Balaban J connectivity index is 2.13. The Morgan fingerprint density at radius 2 is 2.24 bits per heavy atom. The van der Waals surface area contributed by atoms with E-state index in [4.69, 9.17) is 10.5 Å². The van der Waals surface area contributed by atoms with E-state index in [-0.39, 0.29) is 12.1 Å². The minimum absolute atomic E-state index is 0.283. The first-order chi connectivity index (χ1) is 7.87. The predicted octanol–water partition coefficient (Wildman–Crippen LogP) is 0.934. The van der Waals surface area contributed by atoms with Gasteiger partial charge in [-0.3, -0.25) is 0 Å². The largest absolute Gasteiger partial charge is 0.444 e. The van der Waals surface area contributed by atoms with Gasteiger partial charge in [-0.15, -0.1) is 0 Å². The summed E-state index contributed by atoms with van der Waals surface area (Å²) in [5.41, 5.74) is 5.45. The molecule has 5 heteroatoms. The van der Waals surface area contributed by atoms with Crippen molar-refractivity contribution >= 4 is 6.09 Å². The van der Waals surface area contributed by atoms with Gasteiger partial charge in [0.15, 0.2) is 0 Å². The van der Waals surface area contributed by atoms with Gasteiger partial charge in [0.2, 0.25) is 0 Å². The quantitative estimate of drug-likeness (QED) is 0.774. The third-order valence-electron chi connectivity index (χ3n) is 2.64. The first-order valence-corrected chi connectivity index (χ1v) is 6.31. The molecule has 17 heavy (non-hydrogen) atoms. The van der Waals surface area contributed by atoms with Crippen molar-refractivity contribution in [2.24, 2.45) is 5.73 Å². The van der Waals surface area contributed by atoms with E-state index >= 15 is 0 Å². The number of rotatable bonds is 3. The summed E-state index contributed by atoms with van der Waals surface area (Å²) in [6.07, 6.45) is 1.91. The number of alkyl carbamates (subject to hydrolysis) is 1. The fourth-order valence-corrected chi connectivity index (χ4v) is 1.92. The lowest BCUT2D eigenvalue weighted by Crippen LogP contribution is -2.46. The normalized spacial score (nSPS) is 22.2. The fraction of sp³-hybridized carbons (Fsp3) is 0.917. The maximum atomic E-state index is 11.4. The molecule has 0 spiro atoms. The van der Waals surface area contributed by atoms with Crippen LogP contribution in [0.5, 0.6) is 0 Å². The zero-order valence-electron chi connectivity index (χ0n) is 11.2. The highest BCUT2D eigenvalue weighted by atomic mass is 16.6. The highest BCUT2D eigenvalue weighted by Gasteiger charge is 2.18. The van der Waals surface area contributed by atoms with Crippen molar-refractivity contribution < 1.29 is 9.53 Å². The van der Waals surface area contributed by atoms with Crippen LogP contribution in [0.1, 0.15) is 33.6 Å². The highest BCUT2D eigenvalue weighted by Crippen LogP contribution is 2.08. The highest BCUT2D eigenvalue weighted by molar-refractivity contribution is 5.67. The van der Waals surface area contributed by atoms with E-state index < -0.39 is 5.60 Å². The molecule has 1 atom stereocenters. The average molecular weight is 243 g/mol. The Labute approximate surface area is 104 Å². The van der Waals surface area contributed by atoms with E-state index in [9.17, 15) is 4.79 Å². The third-order valence-corrected chi connectivity index (χ3v) is 2.64. The topological polar surface area (TPSA) is 67.6 Å². The van der Waals surface area contributed by atoms with Crippen LogP contribution in [0.4, 0.5) is 4.79 Å². The number of ether oxygens (including phenoxy) is 1. The zero-order chi connectivity index (χ0) is 12.9. The van der Waals surface area contributed by atoms with E-state index in [2.05, 4.69) is 10.2 Å². The Morgan fingerprint density at radius 1 is 1.53 bits per heavy atom. The molecule has 0 unspecified atom stereocenters. The van der Waals surface area contributed by atoms with Gasteiger partial charge in [-0.2, -0.15) is 0 Å². The molecule has 1 aliphatic rings. The molecule has 0 bridgehead atoms. The van der Waals surface area contributed by atoms with Gasteiger partial charge in [-0.25, -0.2) is 4.79 Å². The third kappa shape index (κ3) is 6.48. The van der Waals surface area contributed by atoms with Crippen LogP contribution in [0.15, 0.2) is 0 Å². The van der Waals surface area contributed by atoms with E-state index in [1.807, 2.05) is 20.8 Å². The van der Waals surface area contributed by atoms with Gasteiger partial charge in [0.1, 0.15) is 5.60 Å². The predicted molar refractivity (Wildman–Crippen MR) is 67.9 cm³/mol. The van der Waals surface area contributed by atoms with Crippen molar-refractivity contribution in [2.75, 3.05) is 26.2 Å². The summed E-state index contributed by atoms with van der Waals surface area (Å²) in [5, 5.41) is 2.76. The fourth-order valence-electron chi connectivity index (χ4n) is 1.92. The molecule has 100 valence electrons. The van der Waals surface area contributed by atoms with Crippen molar-refractivity contribution in [1.82, 2.24) is 10.2 Å². The number of nitrogens with one attached hydrogen (secondary N) is 1. The van der Waals surface area contributed by atoms with Crippen LogP contribution in [0.3, 0.4) is 0 Å². The molecule has 0 aromatic carbocycles. The van der Waals surface area contributed by atoms with Gasteiger partial charge < -0.3 is 20.7 Å². The average Bonchev–Trinajstić information content (AvgIpc) is 2.14. The molecular weight excluding hydrogens is 218 g/mol. The van der Waals surface area contributed by atoms with Crippen LogP contribution in [-0.4, -0.2) is 48.8 Å². The molecule has 1 fully saturated rings. The molecule has 0 radical (unpaired) electrons. The maximum Gasteiger partial charge on any atom is 0.407 e. The number of carbonyl (C=O) groups excluding carboxylic acids is 1. The number of piperidine rings is 1. The van der Waals surface area contributed by atoms with E-state index in [1.54, 1.807) is 0 Å². The number of carbonyl (C=O) groups is 1. The Hall–Kier alpha value is -0.810. The Morgan fingerprint density at radius 3 is 2.82 bits per heavy atom. The zero-order valence-corrected chi connectivity index (χ0v) is 11.2. The number of amides is 1. The molecule has 0 saturated carbocycles. The van der Waals surface area contributed by atoms with Crippen LogP contribution in [0.2, 0.25) is 0 Å². The number of hydrogen-bond donors (Lipinski definition) is 2. The number of hydrogen-bond acceptors (Lipinski definition) is 4. The van der Waals surface area contributed by atoms with E-state index in [0.29, 0.717) is 6.54 Å². The summed E-state index contributed by atoms with van der Waals surface area (Å²) in [6, 6.07) is 0.283. The van der Waals surface area contributed by atoms with Gasteiger partial charge in [-0.05, 0) is 40.2 Å². The van der Waals surface area contributed by atoms with Gasteiger partial charge in [-0.1, -0.05) is 0 Å². The SMILES string of the molecule is CC(C)(C)OC(=O)NCCN1CCC[C@@H](N)C1. The van der Waals surface area contributed by atoms with Crippen LogP contribution < -0.4 is 11.1 Å². The van der Waals surface area contributed by atoms with Crippen LogP contribution in [0.25, 0.3) is 0 Å². The van der Waals surface area contributed by atoms with Gasteiger partial charge in [0.25, 0.3) is 0 Å². The Kier molecular flexibility index (Phi) is 5.21. The second-order valence-electron chi connectivity index (χ2n) is 5.63. The van der Waals surface area contributed by atoms with E-state index in [1.165, 1.54) is 0 Å². The number of likely N-dealkylation sites (tertiary alicyclic amines) is 1. The summed E-state index contributed by atoms with van der Waals surface area (Å²) in [5.74, 6) is 0. The smallest absolute Gasteiger partial charge is 0.407 e. The van der Waals surface area contributed by atoms with Crippen LogP contribution >= 0.6 is 0 Å². The molecule has 0 aromatic rings. The summed E-state index contributed by atoms with van der Waals surface area (Å²) in [4.78, 5) is 13.7. The standard InChI is InChI=1S/C12H25N3O2/c1-12(2,3)17-11(16)14-6-8-15-7-4-5-10(13)9-15/h10H,4-9,13H2,1-3H3,(H,14,16)/t10-/m1/s1. The van der Waals surface area contributed by atoms with Crippen molar-refractivity contribution in [3.63, 3.8) is 0 Å². The lowest BCUT2D eigenvalue weighted by molar-refractivity contribution is 0.0520. The summed E-state index contributed by atoms with van der Waals surface area (Å²) in [7, 11) is 0. The molecule has 0 aromatic heterocycles.